The van der Waals surface area contributed by atoms with Crippen LogP contribution >= 0.6 is 0 Å². The Balaban J connectivity index is 1.50. The molecule has 2 heterocycles. The Bertz CT molecular complexity index is 1130. The summed E-state index contributed by atoms with van der Waals surface area (Å²) >= 11 is -2.67. The third-order valence-electron chi connectivity index (χ3n) is 8.58. The number of carbonyl (C=O) groups excluding carboxylic acids is 1. The van der Waals surface area contributed by atoms with E-state index in [1.165, 1.54) is 67.7 Å². The molecule has 0 radical (unpaired) electrons. The molecule has 0 atom stereocenters. The molecule has 1 saturated heterocycles. The first-order valence-electron chi connectivity index (χ1n) is 15.6. The Morgan fingerprint density at radius 2 is 1.50 bits per heavy atom. The summed E-state index contributed by atoms with van der Waals surface area (Å²) in [5, 5.41) is 34.6. The maximum atomic E-state index is 12.7. The molecule has 1 fully saturated rings. The van der Waals surface area contributed by atoms with Crippen LogP contribution in [0.4, 0.5) is 17.1 Å². The number of nitrogens with zero attached hydrogens (tertiary/aromatic N) is 6. The summed E-state index contributed by atoms with van der Waals surface area (Å²) in [5.41, 5.74) is -0.0520. The molecule has 13 heteroatoms. The van der Waals surface area contributed by atoms with Gasteiger partial charge in [0.25, 0.3) is 11.4 Å². The first kappa shape index (κ1) is 33.7. The van der Waals surface area contributed by atoms with Crippen LogP contribution in [0, 0.1) is 26.1 Å². The van der Waals surface area contributed by atoms with Crippen LogP contribution in [0.25, 0.3) is 0 Å². The first-order valence-corrected chi connectivity index (χ1v) is 23.1. The van der Waals surface area contributed by atoms with Gasteiger partial charge in [0, 0.05) is 12.1 Å². The molecule has 232 valence electrons. The third-order valence-corrected chi connectivity index (χ3v) is 23.6. The third kappa shape index (κ3) is 9.63. The zero-order chi connectivity index (χ0) is 30.5. The van der Waals surface area contributed by atoms with Crippen molar-refractivity contribution in [2.45, 2.75) is 98.4 Å². The first-order chi connectivity index (χ1) is 20.2. The second-order valence-corrected chi connectivity index (χ2v) is 24.7. The molecule has 1 aromatic heterocycles. The molecule has 0 bridgehead atoms. The number of hydrogen-bond acceptors (Lipinski definition) is 8. The number of aromatic nitrogens is 3. The summed E-state index contributed by atoms with van der Waals surface area (Å²) in [6.07, 6.45) is 12.0. The Hall–Kier alpha value is -2.77. The molecule has 12 nitrogen and oxygen atoms in total. The average molecular weight is 692 g/mol. The average Bonchev–Trinajstić information content (AvgIpc) is 3.46. The van der Waals surface area contributed by atoms with Crippen molar-refractivity contribution in [3.8, 4) is 0 Å². The predicted octanol–water partition coefficient (Wildman–Crippen LogP) is 5.57. The van der Waals surface area contributed by atoms with Crippen LogP contribution in [-0.2, 0) is 11.3 Å². The molecule has 1 aliphatic rings. The number of nitro benzene ring substituents is 2. The zero-order valence-corrected chi connectivity index (χ0v) is 28.3. The van der Waals surface area contributed by atoms with Gasteiger partial charge < -0.3 is 0 Å². The van der Waals surface area contributed by atoms with Crippen LogP contribution in [0.3, 0.4) is 0 Å². The molecule has 42 heavy (non-hydrogen) atoms. The Kier molecular flexibility index (Phi) is 13.5. The van der Waals surface area contributed by atoms with Crippen molar-refractivity contribution in [2.24, 2.45) is 5.92 Å². The van der Waals surface area contributed by atoms with Crippen molar-refractivity contribution in [1.82, 2.24) is 20.3 Å². The number of non-ortho nitro benzene ring substituents is 2. The fourth-order valence-corrected chi connectivity index (χ4v) is 21.1. The van der Waals surface area contributed by atoms with Gasteiger partial charge in [-0.2, -0.15) is 0 Å². The SMILES string of the molecule is CCC[CH2][Sn]([CH2]CCC)([CH2]CCC)[c]1cn(CC(=O)NCCC2CCN(c3cc([N+](=O)[O-])cc([N+](=O)[O-])c3)CC2)nn1. The molecule has 1 aromatic carbocycles. The summed E-state index contributed by atoms with van der Waals surface area (Å²) < 4.78 is 6.89. The topological polar surface area (TPSA) is 149 Å². The molecule has 1 amide bonds. The summed E-state index contributed by atoms with van der Waals surface area (Å²) in [7, 11) is 0. The monoisotopic (exact) mass is 693 g/mol. The van der Waals surface area contributed by atoms with Crippen molar-refractivity contribution in [3.05, 3.63) is 44.6 Å². The normalized spacial score (nSPS) is 14.2. The molecular weight excluding hydrogens is 645 g/mol. The number of rotatable bonds is 18. The fraction of sp³-hybridized carbons (Fsp3) is 0.690. The van der Waals surface area contributed by atoms with E-state index >= 15 is 0 Å². The summed E-state index contributed by atoms with van der Waals surface area (Å²) in [6.45, 7) is 8.82. The van der Waals surface area contributed by atoms with Crippen LogP contribution < -0.4 is 13.9 Å². The predicted molar refractivity (Wildman–Crippen MR) is 167 cm³/mol. The van der Waals surface area contributed by atoms with E-state index in [2.05, 4.69) is 42.6 Å². The molecule has 3 rings (SSSR count). The van der Waals surface area contributed by atoms with Gasteiger partial charge in [0.15, 0.2) is 0 Å². The van der Waals surface area contributed by atoms with Crippen molar-refractivity contribution in [1.29, 1.82) is 0 Å². The quantitative estimate of drug-likeness (QED) is 0.121. The van der Waals surface area contributed by atoms with Crippen molar-refractivity contribution in [2.75, 3.05) is 24.5 Å². The maximum absolute atomic E-state index is 12.7. The number of hydrogen-bond donors (Lipinski definition) is 1. The van der Waals surface area contributed by atoms with Crippen molar-refractivity contribution < 1.29 is 14.6 Å². The van der Waals surface area contributed by atoms with E-state index in [1.807, 2.05) is 4.90 Å². The Labute approximate surface area is 252 Å². The Morgan fingerprint density at radius 1 is 0.952 bits per heavy atom. The van der Waals surface area contributed by atoms with Gasteiger partial charge in [0.2, 0.25) is 0 Å². The second-order valence-electron chi connectivity index (χ2n) is 11.7. The van der Waals surface area contributed by atoms with Crippen LogP contribution in [0.1, 0.15) is 78.6 Å². The van der Waals surface area contributed by atoms with Gasteiger partial charge in [-0.05, 0) is 0 Å². The summed E-state index contributed by atoms with van der Waals surface area (Å²) in [6, 6.07) is 3.78. The number of nitrogens with one attached hydrogen (secondary N) is 1. The minimum atomic E-state index is -2.67. The van der Waals surface area contributed by atoms with Gasteiger partial charge in [-0.1, -0.05) is 0 Å². The van der Waals surface area contributed by atoms with Crippen LogP contribution in [0.15, 0.2) is 24.4 Å². The van der Waals surface area contributed by atoms with E-state index in [-0.39, 0.29) is 23.8 Å². The van der Waals surface area contributed by atoms with Gasteiger partial charge in [0.05, 0.1) is 21.6 Å². The number of unbranched alkanes of at least 4 members (excludes halogenated alkanes) is 3. The zero-order valence-electron chi connectivity index (χ0n) is 25.4. The number of piperidine rings is 1. The molecule has 0 aliphatic carbocycles. The van der Waals surface area contributed by atoms with E-state index in [0.717, 1.165) is 25.3 Å². The molecule has 1 N–H and O–H groups in total. The second kappa shape index (κ2) is 16.8. The van der Waals surface area contributed by atoms with Crippen LogP contribution in [-0.4, -0.2) is 68.8 Å². The van der Waals surface area contributed by atoms with Gasteiger partial charge in [0.1, 0.15) is 0 Å². The van der Waals surface area contributed by atoms with Gasteiger partial charge in [-0.3, -0.25) is 20.2 Å². The van der Waals surface area contributed by atoms with Gasteiger partial charge >= 0.3 is 188 Å². The number of carbonyl (C=O) groups is 1. The van der Waals surface area contributed by atoms with Gasteiger partial charge in [-0.15, -0.1) is 0 Å². The number of amides is 1. The number of benzene rings is 1. The summed E-state index contributed by atoms with van der Waals surface area (Å²) in [4.78, 5) is 36.0. The van der Waals surface area contributed by atoms with Crippen molar-refractivity contribution in [3.63, 3.8) is 0 Å². The summed E-state index contributed by atoms with van der Waals surface area (Å²) in [5.74, 6) is 0.336. The van der Waals surface area contributed by atoms with E-state index in [1.54, 1.807) is 4.68 Å². The molecule has 0 spiro atoms. The van der Waals surface area contributed by atoms with E-state index in [9.17, 15) is 25.0 Å². The van der Waals surface area contributed by atoms with Crippen molar-refractivity contribution >= 4 is 45.1 Å². The van der Waals surface area contributed by atoms with Crippen LogP contribution in [0.2, 0.25) is 13.3 Å². The van der Waals surface area contributed by atoms with Gasteiger partial charge in [-0.25, -0.2) is 0 Å². The van der Waals surface area contributed by atoms with Crippen LogP contribution in [0.5, 0.6) is 0 Å². The molecule has 0 saturated carbocycles. The minimum absolute atomic E-state index is 0.0655. The number of nitro groups is 2. The molecule has 0 unspecified atom stereocenters. The Morgan fingerprint density at radius 3 is 2.00 bits per heavy atom. The van der Waals surface area contributed by atoms with E-state index in [0.29, 0.717) is 31.2 Å². The molecular formula is C29H47N7O5Sn. The standard InChI is InChI=1S/C17H20N7O5.3C4H9.Sn/c25-17(12-22-8-5-19-20-22)18-4-1-13-2-6-21(7-3-13)14-9-15(23(26)27)11-16(10-14)24(28)29;3*1-3-4-2;/h8-11,13H,1-4,6-7,12H2,(H,18,25);3*1,3-4H2,2H3;. The molecule has 1 aliphatic heterocycles. The van der Waals surface area contributed by atoms with E-state index in [4.69, 9.17) is 0 Å². The van der Waals surface area contributed by atoms with E-state index < -0.39 is 28.2 Å². The number of anilines is 1. The molecule has 2 aromatic rings. The fourth-order valence-electron chi connectivity index (χ4n) is 5.99.